The molecule has 342 valence electrons. The van der Waals surface area contributed by atoms with Gasteiger partial charge < -0.3 is 0 Å². The minimum atomic E-state index is 1.06. The Labute approximate surface area is 408 Å². The van der Waals surface area contributed by atoms with E-state index >= 15 is 0 Å². The smallest absolute Gasteiger partial charge is 0.00199 e. The molecule has 10 aromatic rings. The zero-order chi connectivity index (χ0) is 49.0. The van der Waals surface area contributed by atoms with Crippen LogP contribution in [0.5, 0.6) is 0 Å². The van der Waals surface area contributed by atoms with Crippen LogP contribution < -0.4 is 0 Å². The van der Waals surface area contributed by atoms with Crippen molar-refractivity contribution in [2.45, 2.75) is 69.2 Å². The fourth-order valence-electron chi connectivity index (χ4n) is 8.37. The maximum Gasteiger partial charge on any atom is -0.00199 e. The molecule has 10 aromatic carbocycles. The normalized spacial score (nSPS) is 10.3. The largest absolute Gasteiger partial charge is 0.0991 e. The third-order valence-corrected chi connectivity index (χ3v) is 11.6. The van der Waals surface area contributed by atoms with E-state index in [1.54, 1.807) is 6.08 Å². The number of aryl methyl sites for hydroxylation is 3. The van der Waals surface area contributed by atoms with E-state index in [2.05, 4.69) is 234 Å². The topological polar surface area (TPSA) is 0 Å². The molecule has 0 spiro atoms. The van der Waals surface area contributed by atoms with Crippen molar-refractivity contribution in [2.75, 3.05) is 0 Å². The van der Waals surface area contributed by atoms with Gasteiger partial charge in [-0.15, -0.1) is 0 Å². The van der Waals surface area contributed by atoms with Crippen molar-refractivity contribution in [3.8, 4) is 44.5 Å². The lowest BCUT2D eigenvalue weighted by Gasteiger charge is -2.19. The summed E-state index contributed by atoms with van der Waals surface area (Å²) >= 11 is 0. The van der Waals surface area contributed by atoms with Crippen LogP contribution in [0.4, 0.5) is 0 Å². The van der Waals surface area contributed by atoms with Gasteiger partial charge in [-0.25, -0.2) is 0 Å². The van der Waals surface area contributed by atoms with Crippen molar-refractivity contribution in [1.82, 2.24) is 0 Å². The van der Waals surface area contributed by atoms with Gasteiger partial charge in [-0.05, 0) is 139 Å². The molecule has 0 bridgehead atoms. The highest BCUT2D eigenvalue weighted by molar-refractivity contribution is 6.25. The van der Waals surface area contributed by atoms with Gasteiger partial charge in [0.25, 0.3) is 0 Å². The standard InChI is InChI=1S/C35H24.C20H18.C7H10.3C2H6/c1-23-18-20-24(21-19-23)34-29-14-6-8-16-31(29)35(32-17-9-7-15-30(32)34)33-22-25-10-2-3-11-26(25)27-12-4-5-13-28(27)33;1-15-11-12-20(13-16(15)2)19-10-6-9-18(14-19)17-7-4-3-5-8-17;1-4-5-6-7(2)3;3*1-2/h2-22H,1H3;3-14H,1-2H3;4-6H,1-2H2,3H3;3*1-2H3/b;;6-5-;;;. The lowest BCUT2D eigenvalue weighted by atomic mass is 9.84. The van der Waals surface area contributed by atoms with Crippen molar-refractivity contribution in [1.29, 1.82) is 0 Å². The van der Waals surface area contributed by atoms with Crippen molar-refractivity contribution in [3.05, 3.63) is 254 Å². The highest BCUT2D eigenvalue weighted by Crippen LogP contribution is 2.46. The van der Waals surface area contributed by atoms with Crippen LogP contribution in [0.15, 0.2) is 237 Å². The van der Waals surface area contributed by atoms with E-state index in [9.17, 15) is 0 Å². The number of rotatable bonds is 6. The van der Waals surface area contributed by atoms with Crippen LogP contribution >= 0.6 is 0 Å². The Morgan fingerprint density at radius 1 is 0.368 bits per heavy atom. The number of fused-ring (bicyclic) bond motifs is 5. The molecular formula is C68H70. The minimum Gasteiger partial charge on any atom is -0.0991 e. The van der Waals surface area contributed by atoms with Crippen molar-refractivity contribution < 1.29 is 0 Å². The van der Waals surface area contributed by atoms with Crippen molar-refractivity contribution >= 4 is 43.1 Å². The average Bonchev–Trinajstić information content (AvgIpc) is 3.40. The van der Waals surface area contributed by atoms with Crippen molar-refractivity contribution in [2.24, 2.45) is 0 Å². The van der Waals surface area contributed by atoms with Crippen LogP contribution in [-0.4, -0.2) is 0 Å². The molecule has 0 amide bonds. The molecule has 0 aliphatic rings. The third kappa shape index (κ3) is 12.3. The first kappa shape index (κ1) is 51.4. The zero-order valence-corrected chi connectivity index (χ0v) is 42.2. The maximum absolute atomic E-state index is 3.66. The second-order valence-electron chi connectivity index (χ2n) is 16.1. The Kier molecular flexibility index (Phi) is 19.6. The van der Waals surface area contributed by atoms with Crippen LogP contribution in [0.25, 0.3) is 87.6 Å². The fourth-order valence-corrected chi connectivity index (χ4v) is 8.37. The summed E-state index contributed by atoms with van der Waals surface area (Å²) in [6, 6.07) is 72.6. The van der Waals surface area contributed by atoms with Gasteiger partial charge in [0.2, 0.25) is 0 Å². The monoisotopic (exact) mass is 887 g/mol. The van der Waals surface area contributed by atoms with Gasteiger partial charge in [0.15, 0.2) is 0 Å². The summed E-state index contributed by atoms with van der Waals surface area (Å²) in [5.74, 6) is 0. The predicted octanol–water partition coefficient (Wildman–Crippen LogP) is 21.0. The summed E-state index contributed by atoms with van der Waals surface area (Å²) in [6.07, 6.45) is 5.50. The van der Waals surface area contributed by atoms with Gasteiger partial charge >= 0.3 is 0 Å². The van der Waals surface area contributed by atoms with Gasteiger partial charge in [-0.1, -0.05) is 272 Å². The van der Waals surface area contributed by atoms with E-state index in [0.717, 1.165) is 5.57 Å². The Bertz CT molecular complexity index is 3180. The Hall–Kier alpha value is -7.54. The van der Waals surface area contributed by atoms with Crippen LogP contribution in [0.2, 0.25) is 0 Å². The molecule has 68 heavy (non-hydrogen) atoms. The molecule has 0 saturated carbocycles. The third-order valence-electron chi connectivity index (χ3n) is 11.6. The summed E-state index contributed by atoms with van der Waals surface area (Å²) in [6.45, 7) is 27.6. The average molecular weight is 887 g/mol. The SMILES string of the molecule is C=C/C=C\C(=C)C.CC.CC.CC.Cc1ccc(-c2c3ccccc3c(-c3cc4ccccc4c4ccccc34)c3ccccc23)cc1.Cc1ccc(-c2cccc(-c3ccccc3)c2)cc1C. The maximum atomic E-state index is 3.66. The lowest BCUT2D eigenvalue weighted by Crippen LogP contribution is -1.92. The summed E-state index contributed by atoms with van der Waals surface area (Å²) in [5.41, 5.74) is 15.3. The molecule has 0 radical (unpaired) electrons. The second-order valence-corrected chi connectivity index (χ2v) is 16.1. The predicted molar refractivity (Wildman–Crippen MR) is 307 cm³/mol. The summed E-state index contributed by atoms with van der Waals surface area (Å²) in [5, 5.41) is 10.4. The quantitative estimate of drug-likeness (QED) is 0.0887. The van der Waals surface area contributed by atoms with Gasteiger partial charge in [0.05, 0.1) is 0 Å². The molecule has 0 saturated heterocycles. The first-order valence-corrected chi connectivity index (χ1v) is 24.4. The lowest BCUT2D eigenvalue weighted by molar-refractivity contribution is 1.34. The van der Waals surface area contributed by atoms with Gasteiger partial charge in [0.1, 0.15) is 0 Å². The van der Waals surface area contributed by atoms with E-state index in [4.69, 9.17) is 0 Å². The van der Waals surface area contributed by atoms with Crippen molar-refractivity contribution in [3.63, 3.8) is 0 Å². The molecule has 0 N–H and O–H groups in total. The van der Waals surface area contributed by atoms with E-state index < -0.39 is 0 Å². The molecule has 0 aliphatic heterocycles. The first-order valence-electron chi connectivity index (χ1n) is 24.4. The molecule has 0 heterocycles. The van der Waals surface area contributed by atoms with E-state index in [1.807, 2.05) is 60.6 Å². The molecule has 0 aliphatic carbocycles. The molecule has 0 unspecified atom stereocenters. The van der Waals surface area contributed by atoms with E-state index in [0.29, 0.717) is 0 Å². The highest BCUT2D eigenvalue weighted by Gasteiger charge is 2.18. The summed E-state index contributed by atoms with van der Waals surface area (Å²) < 4.78 is 0. The Morgan fingerprint density at radius 2 is 0.809 bits per heavy atom. The number of benzene rings is 10. The molecule has 0 aromatic heterocycles. The summed E-state index contributed by atoms with van der Waals surface area (Å²) in [4.78, 5) is 0. The first-order chi connectivity index (χ1) is 33.3. The molecule has 0 atom stereocenters. The molecule has 10 rings (SSSR count). The van der Waals surface area contributed by atoms with E-state index in [1.165, 1.54) is 104 Å². The molecule has 0 fully saturated rings. The van der Waals surface area contributed by atoms with Crippen LogP contribution in [-0.2, 0) is 0 Å². The second kappa shape index (κ2) is 26.0. The molecule has 0 nitrogen and oxygen atoms in total. The number of hydrogen-bond acceptors (Lipinski definition) is 0. The number of hydrogen-bond donors (Lipinski definition) is 0. The van der Waals surface area contributed by atoms with Gasteiger partial charge in [-0.2, -0.15) is 0 Å². The Morgan fingerprint density at radius 3 is 1.34 bits per heavy atom. The van der Waals surface area contributed by atoms with Gasteiger partial charge in [-0.3, -0.25) is 0 Å². The number of allylic oxidation sites excluding steroid dienone is 4. The van der Waals surface area contributed by atoms with E-state index in [-0.39, 0.29) is 0 Å². The molecule has 0 heteroatoms. The minimum absolute atomic E-state index is 1.06. The Balaban J connectivity index is 0.000000221. The zero-order valence-electron chi connectivity index (χ0n) is 42.2. The highest BCUT2D eigenvalue weighted by atomic mass is 14.2. The van der Waals surface area contributed by atoms with Crippen LogP contribution in [0, 0.1) is 20.8 Å². The summed E-state index contributed by atoms with van der Waals surface area (Å²) in [7, 11) is 0. The van der Waals surface area contributed by atoms with Crippen LogP contribution in [0.1, 0.15) is 65.2 Å². The van der Waals surface area contributed by atoms with Crippen LogP contribution in [0.3, 0.4) is 0 Å². The van der Waals surface area contributed by atoms with Gasteiger partial charge in [0, 0.05) is 0 Å². The fraction of sp³-hybridized carbons (Fsp3) is 0.147. The molecular weight excluding hydrogens is 817 g/mol.